The maximum atomic E-state index is 12.4. The second kappa shape index (κ2) is 4.85. The third-order valence-corrected chi connectivity index (χ3v) is 4.20. The molecule has 0 radical (unpaired) electrons. The minimum absolute atomic E-state index is 0.225. The van der Waals surface area contributed by atoms with Gasteiger partial charge in [0, 0.05) is 24.9 Å². The molecule has 4 heteroatoms. The van der Waals surface area contributed by atoms with E-state index in [1.54, 1.807) is 7.11 Å². The Balaban J connectivity index is 2.00. The monoisotopic (exact) mass is 260 g/mol. The number of aryl methyl sites for hydroxylation is 1. The van der Waals surface area contributed by atoms with Crippen molar-refractivity contribution in [1.82, 2.24) is 5.32 Å². The Morgan fingerprint density at radius 3 is 3.05 bits per heavy atom. The van der Waals surface area contributed by atoms with Crippen molar-refractivity contribution in [1.29, 1.82) is 0 Å². The predicted octanol–water partition coefficient (Wildman–Crippen LogP) is 1.72. The van der Waals surface area contributed by atoms with E-state index < -0.39 is 0 Å². The molecule has 0 bridgehead atoms. The van der Waals surface area contributed by atoms with Gasteiger partial charge < -0.3 is 15.0 Å². The van der Waals surface area contributed by atoms with Crippen LogP contribution >= 0.6 is 0 Å². The molecule has 1 N–H and O–H groups in total. The standard InChI is InChI=1S/C15H20N2O2/c1-10-3-4-14(19-2)13(7-10)17-12-5-6-16-9-11(12)8-15(17)18/h3-4,7,11-12,16H,5-6,8-9H2,1-2H3. The van der Waals surface area contributed by atoms with Crippen LogP contribution in [-0.4, -0.2) is 32.1 Å². The number of amides is 1. The number of carbonyl (C=O) groups excluding carboxylic acids is 1. The highest BCUT2D eigenvalue weighted by atomic mass is 16.5. The highest BCUT2D eigenvalue weighted by Gasteiger charge is 2.42. The van der Waals surface area contributed by atoms with Crippen LogP contribution in [0.25, 0.3) is 0 Å². The molecule has 2 unspecified atom stereocenters. The number of nitrogens with one attached hydrogen (secondary N) is 1. The number of nitrogens with zero attached hydrogens (tertiary/aromatic N) is 1. The fourth-order valence-corrected chi connectivity index (χ4v) is 3.27. The number of hydrogen-bond donors (Lipinski definition) is 1. The SMILES string of the molecule is COc1ccc(C)cc1N1C(=O)CC2CNCCC21. The number of carbonyl (C=O) groups is 1. The van der Waals surface area contributed by atoms with Gasteiger partial charge in [-0.1, -0.05) is 6.07 Å². The summed E-state index contributed by atoms with van der Waals surface area (Å²) in [5.41, 5.74) is 2.09. The van der Waals surface area contributed by atoms with E-state index in [1.807, 2.05) is 24.0 Å². The Labute approximate surface area is 113 Å². The zero-order valence-corrected chi connectivity index (χ0v) is 11.5. The van der Waals surface area contributed by atoms with Crippen LogP contribution in [0, 0.1) is 12.8 Å². The van der Waals surface area contributed by atoms with Crippen LogP contribution in [0.4, 0.5) is 5.69 Å². The molecule has 0 aliphatic carbocycles. The van der Waals surface area contributed by atoms with Crippen LogP contribution < -0.4 is 15.0 Å². The second-order valence-corrected chi connectivity index (χ2v) is 5.46. The Hall–Kier alpha value is -1.55. The molecular weight excluding hydrogens is 240 g/mol. The first-order valence-electron chi connectivity index (χ1n) is 6.88. The molecule has 102 valence electrons. The molecule has 2 saturated heterocycles. The van der Waals surface area contributed by atoms with Gasteiger partial charge in [0.05, 0.1) is 12.8 Å². The average molecular weight is 260 g/mol. The minimum atomic E-state index is 0.225. The fourth-order valence-electron chi connectivity index (χ4n) is 3.27. The molecule has 1 amide bonds. The van der Waals surface area contributed by atoms with E-state index in [-0.39, 0.29) is 5.91 Å². The lowest BCUT2D eigenvalue weighted by Gasteiger charge is -2.32. The molecule has 2 heterocycles. The summed E-state index contributed by atoms with van der Waals surface area (Å²) < 4.78 is 5.43. The van der Waals surface area contributed by atoms with E-state index in [0.29, 0.717) is 18.4 Å². The number of rotatable bonds is 2. The van der Waals surface area contributed by atoms with E-state index in [1.165, 1.54) is 0 Å². The third kappa shape index (κ3) is 2.10. The maximum Gasteiger partial charge on any atom is 0.227 e. The minimum Gasteiger partial charge on any atom is -0.495 e. The largest absolute Gasteiger partial charge is 0.495 e. The molecule has 0 saturated carbocycles. The normalized spacial score (nSPS) is 26.4. The van der Waals surface area contributed by atoms with E-state index >= 15 is 0 Å². The van der Waals surface area contributed by atoms with Gasteiger partial charge in [-0.2, -0.15) is 0 Å². The molecule has 19 heavy (non-hydrogen) atoms. The zero-order chi connectivity index (χ0) is 13.4. The van der Waals surface area contributed by atoms with Crippen LogP contribution in [0.5, 0.6) is 5.75 Å². The Morgan fingerprint density at radius 2 is 2.26 bits per heavy atom. The van der Waals surface area contributed by atoms with Gasteiger partial charge in [0.15, 0.2) is 0 Å². The first-order chi connectivity index (χ1) is 9.20. The highest BCUT2D eigenvalue weighted by Crippen LogP contribution is 2.39. The van der Waals surface area contributed by atoms with E-state index in [4.69, 9.17) is 4.74 Å². The van der Waals surface area contributed by atoms with Gasteiger partial charge >= 0.3 is 0 Å². The maximum absolute atomic E-state index is 12.4. The summed E-state index contributed by atoms with van der Waals surface area (Å²) in [5, 5.41) is 3.38. The Bertz CT molecular complexity index is 501. The molecule has 2 aliphatic rings. The molecule has 1 aromatic carbocycles. The second-order valence-electron chi connectivity index (χ2n) is 5.46. The summed E-state index contributed by atoms with van der Waals surface area (Å²) in [6, 6.07) is 6.35. The van der Waals surface area contributed by atoms with Gasteiger partial charge in [0.2, 0.25) is 5.91 Å². The summed E-state index contributed by atoms with van der Waals surface area (Å²) in [4.78, 5) is 14.3. The summed E-state index contributed by atoms with van der Waals surface area (Å²) in [6.45, 7) is 3.98. The van der Waals surface area contributed by atoms with Gasteiger partial charge in [-0.25, -0.2) is 0 Å². The summed E-state index contributed by atoms with van der Waals surface area (Å²) >= 11 is 0. The molecule has 2 fully saturated rings. The predicted molar refractivity (Wildman–Crippen MR) is 74.6 cm³/mol. The van der Waals surface area contributed by atoms with Crippen molar-refractivity contribution in [3.05, 3.63) is 23.8 Å². The van der Waals surface area contributed by atoms with Gasteiger partial charge in [0.1, 0.15) is 5.75 Å². The van der Waals surface area contributed by atoms with Crippen molar-refractivity contribution < 1.29 is 9.53 Å². The first-order valence-corrected chi connectivity index (χ1v) is 6.88. The highest BCUT2D eigenvalue weighted by molar-refractivity contribution is 5.98. The van der Waals surface area contributed by atoms with Crippen LogP contribution in [0.2, 0.25) is 0 Å². The number of benzene rings is 1. The van der Waals surface area contributed by atoms with E-state index in [0.717, 1.165) is 36.5 Å². The lowest BCUT2D eigenvalue weighted by Crippen LogP contribution is -2.44. The quantitative estimate of drug-likeness (QED) is 0.880. The molecular formula is C15H20N2O2. The van der Waals surface area contributed by atoms with Crippen LogP contribution in [0.15, 0.2) is 18.2 Å². The summed E-state index contributed by atoms with van der Waals surface area (Å²) in [7, 11) is 1.66. The average Bonchev–Trinajstić information content (AvgIpc) is 2.74. The van der Waals surface area contributed by atoms with Crippen molar-refractivity contribution >= 4 is 11.6 Å². The third-order valence-electron chi connectivity index (χ3n) is 4.20. The molecule has 0 spiro atoms. The smallest absolute Gasteiger partial charge is 0.227 e. The van der Waals surface area contributed by atoms with Crippen LogP contribution in [0.1, 0.15) is 18.4 Å². The van der Waals surface area contributed by atoms with Crippen molar-refractivity contribution in [3.8, 4) is 5.75 Å². The van der Waals surface area contributed by atoms with Crippen LogP contribution in [-0.2, 0) is 4.79 Å². The Kier molecular flexibility index (Phi) is 3.19. The molecule has 1 aromatic rings. The fraction of sp³-hybridized carbons (Fsp3) is 0.533. The number of methoxy groups -OCH3 is 1. The molecule has 3 rings (SSSR count). The van der Waals surface area contributed by atoms with Gasteiger partial charge in [0.25, 0.3) is 0 Å². The Morgan fingerprint density at radius 1 is 1.42 bits per heavy atom. The van der Waals surface area contributed by atoms with Crippen LogP contribution in [0.3, 0.4) is 0 Å². The number of anilines is 1. The topological polar surface area (TPSA) is 41.6 Å². The van der Waals surface area contributed by atoms with Crippen molar-refractivity contribution in [2.75, 3.05) is 25.1 Å². The van der Waals surface area contributed by atoms with Crippen molar-refractivity contribution in [3.63, 3.8) is 0 Å². The number of hydrogen-bond acceptors (Lipinski definition) is 3. The molecule has 2 aliphatic heterocycles. The number of fused-ring (bicyclic) bond motifs is 1. The number of ether oxygens (including phenoxy) is 1. The first kappa shape index (κ1) is 12.5. The van der Waals surface area contributed by atoms with E-state index in [2.05, 4.69) is 11.4 Å². The lowest BCUT2D eigenvalue weighted by molar-refractivity contribution is -0.117. The van der Waals surface area contributed by atoms with Gasteiger partial charge in [-0.3, -0.25) is 4.79 Å². The zero-order valence-electron chi connectivity index (χ0n) is 11.5. The molecule has 2 atom stereocenters. The van der Waals surface area contributed by atoms with E-state index in [9.17, 15) is 4.79 Å². The summed E-state index contributed by atoms with van der Waals surface area (Å²) in [5.74, 6) is 1.45. The summed E-state index contributed by atoms with van der Waals surface area (Å²) in [6.07, 6.45) is 1.67. The van der Waals surface area contributed by atoms with Gasteiger partial charge in [-0.15, -0.1) is 0 Å². The van der Waals surface area contributed by atoms with Gasteiger partial charge in [-0.05, 0) is 37.6 Å². The molecule has 4 nitrogen and oxygen atoms in total. The lowest BCUT2D eigenvalue weighted by atomic mass is 9.94. The van der Waals surface area contributed by atoms with Crippen molar-refractivity contribution in [2.45, 2.75) is 25.8 Å². The molecule has 0 aromatic heterocycles. The number of piperidine rings is 1. The van der Waals surface area contributed by atoms with Crippen molar-refractivity contribution in [2.24, 2.45) is 5.92 Å².